The summed E-state index contributed by atoms with van der Waals surface area (Å²) in [6.45, 7) is 2.42. The molecule has 2 saturated heterocycles. The normalized spacial score (nSPS) is 24.3. The molecule has 2 amide bonds. The molecule has 0 radical (unpaired) electrons. The fraction of sp³-hybridized carbons (Fsp3) is 0.600. The van der Waals surface area contributed by atoms with Crippen LogP contribution in [0.15, 0.2) is 22.8 Å². The molecule has 2 fully saturated rings. The molecule has 1 N–H and O–H groups in total. The zero-order chi connectivity index (χ0) is 14.9. The van der Waals surface area contributed by atoms with Crippen molar-refractivity contribution in [3.8, 4) is 0 Å². The Hall–Kier alpha value is -1.82. The minimum Gasteiger partial charge on any atom is -0.459 e. The van der Waals surface area contributed by atoms with Gasteiger partial charge in [-0.3, -0.25) is 9.59 Å². The van der Waals surface area contributed by atoms with E-state index >= 15 is 0 Å². The summed E-state index contributed by atoms with van der Waals surface area (Å²) in [7, 11) is 1.62. The van der Waals surface area contributed by atoms with Gasteiger partial charge in [-0.05, 0) is 25.0 Å². The number of hydrogen-bond donors (Lipinski definition) is 1. The number of nitrogens with zero attached hydrogens (tertiary/aromatic N) is 1. The molecule has 0 saturated carbocycles. The Labute approximate surface area is 123 Å². The van der Waals surface area contributed by atoms with E-state index in [0.717, 1.165) is 12.8 Å². The monoisotopic (exact) mass is 292 g/mol. The number of carbonyl (C=O) groups is 2. The van der Waals surface area contributed by atoms with Gasteiger partial charge in [0.25, 0.3) is 5.91 Å². The predicted octanol–water partition coefficient (Wildman–Crippen LogP) is 0.894. The maximum absolute atomic E-state index is 12.3. The fourth-order valence-electron chi connectivity index (χ4n) is 3.44. The van der Waals surface area contributed by atoms with Crippen molar-refractivity contribution < 1.29 is 18.7 Å². The van der Waals surface area contributed by atoms with Crippen molar-refractivity contribution in [1.82, 2.24) is 10.2 Å². The number of rotatable bonds is 3. The Bertz CT molecular complexity index is 518. The second-order valence-electron chi connectivity index (χ2n) is 5.86. The number of ether oxygens (including phenoxy) is 1. The van der Waals surface area contributed by atoms with Crippen LogP contribution in [0, 0.1) is 11.3 Å². The molecule has 0 unspecified atom stereocenters. The molecule has 6 heteroatoms. The van der Waals surface area contributed by atoms with Crippen LogP contribution < -0.4 is 5.32 Å². The molecule has 1 atom stereocenters. The van der Waals surface area contributed by atoms with E-state index in [1.807, 2.05) is 0 Å². The summed E-state index contributed by atoms with van der Waals surface area (Å²) in [5.41, 5.74) is -0.0764. The molecule has 21 heavy (non-hydrogen) atoms. The lowest BCUT2D eigenvalue weighted by Gasteiger charge is -2.41. The minimum absolute atomic E-state index is 0.0719. The lowest BCUT2D eigenvalue weighted by atomic mass is 9.71. The Balaban J connectivity index is 1.67. The zero-order valence-electron chi connectivity index (χ0n) is 12.1. The van der Waals surface area contributed by atoms with Crippen LogP contribution in [0.3, 0.4) is 0 Å². The van der Waals surface area contributed by atoms with Crippen molar-refractivity contribution in [3.63, 3.8) is 0 Å². The van der Waals surface area contributed by atoms with Crippen LogP contribution in [0.2, 0.25) is 0 Å². The largest absolute Gasteiger partial charge is 0.459 e. The Morgan fingerprint density at radius 3 is 2.90 bits per heavy atom. The maximum atomic E-state index is 12.3. The Morgan fingerprint density at radius 2 is 2.29 bits per heavy atom. The van der Waals surface area contributed by atoms with Gasteiger partial charge in [-0.25, -0.2) is 0 Å². The predicted molar refractivity (Wildman–Crippen MR) is 74.7 cm³/mol. The van der Waals surface area contributed by atoms with Crippen LogP contribution in [0.5, 0.6) is 0 Å². The standard InChI is InChI=1S/C15H20N2O4/c1-20-9-11-13(18)16-10-15(11)4-6-17(7-5-15)14(19)12-3-2-8-21-12/h2-3,8,11H,4-7,9-10H2,1H3,(H,16,18)/t11-/m0/s1. The zero-order valence-corrected chi connectivity index (χ0v) is 12.1. The Kier molecular flexibility index (Phi) is 3.71. The summed E-state index contributed by atoms with van der Waals surface area (Å²) in [5.74, 6) is 0.265. The topological polar surface area (TPSA) is 71.8 Å². The lowest BCUT2D eigenvalue weighted by molar-refractivity contribution is -0.126. The Morgan fingerprint density at radius 1 is 1.52 bits per heavy atom. The van der Waals surface area contributed by atoms with Crippen molar-refractivity contribution in [1.29, 1.82) is 0 Å². The molecule has 2 aliphatic heterocycles. The second kappa shape index (κ2) is 5.52. The van der Waals surface area contributed by atoms with Gasteiger partial charge in [0.1, 0.15) is 0 Å². The molecule has 3 rings (SSSR count). The SMILES string of the molecule is COC[C@H]1C(=O)NCC12CCN(C(=O)c1ccco1)CC2. The maximum Gasteiger partial charge on any atom is 0.289 e. The van der Waals surface area contributed by atoms with Crippen molar-refractivity contribution in [3.05, 3.63) is 24.2 Å². The number of methoxy groups -OCH3 is 1. The molecule has 1 spiro atoms. The van der Waals surface area contributed by atoms with E-state index in [2.05, 4.69) is 5.32 Å². The number of likely N-dealkylation sites (tertiary alicyclic amines) is 1. The molecular weight excluding hydrogens is 272 g/mol. The van der Waals surface area contributed by atoms with E-state index in [9.17, 15) is 9.59 Å². The third-order valence-electron chi connectivity index (χ3n) is 4.78. The molecule has 0 bridgehead atoms. The van der Waals surface area contributed by atoms with Crippen molar-refractivity contribution in [2.24, 2.45) is 11.3 Å². The van der Waals surface area contributed by atoms with Crippen molar-refractivity contribution in [2.75, 3.05) is 33.4 Å². The lowest BCUT2D eigenvalue weighted by Crippen LogP contribution is -2.47. The van der Waals surface area contributed by atoms with Crippen LogP contribution >= 0.6 is 0 Å². The summed E-state index contributed by atoms with van der Waals surface area (Å²) in [5, 5.41) is 2.95. The first-order valence-corrected chi connectivity index (χ1v) is 7.26. The summed E-state index contributed by atoms with van der Waals surface area (Å²) in [4.78, 5) is 26.0. The van der Waals surface area contributed by atoms with Crippen LogP contribution in [-0.2, 0) is 9.53 Å². The van der Waals surface area contributed by atoms with Gasteiger partial charge in [-0.15, -0.1) is 0 Å². The molecule has 0 aromatic carbocycles. The average Bonchev–Trinajstić information content (AvgIpc) is 3.12. The molecule has 1 aromatic heterocycles. The van der Waals surface area contributed by atoms with Crippen molar-refractivity contribution in [2.45, 2.75) is 12.8 Å². The molecular formula is C15H20N2O4. The van der Waals surface area contributed by atoms with Gasteiger partial charge in [-0.2, -0.15) is 0 Å². The first-order valence-electron chi connectivity index (χ1n) is 7.26. The van der Waals surface area contributed by atoms with E-state index in [-0.39, 0.29) is 23.1 Å². The smallest absolute Gasteiger partial charge is 0.289 e. The van der Waals surface area contributed by atoms with Gasteiger partial charge in [0.05, 0.1) is 18.8 Å². The van der Waals surface area contributed by atoms with Gasteiger partial charge >= 0.3 is 0 Å². The number of nitrogens with one attached hydrogen (secondary N) is 1. The minimum atomic E-state index is -0.108. The highest BCUT2D eigenvalue weighted by molar-refractivity contribution is 5.91. The van der Waals surface area contributed by atoms with Crippen LogP contribution in [0.1, 0.15) is 23.4 Å². The molecule has 3 heterocycles. The first kappa shape index (κ1) is 14.1. The average molecular weight is 292 g/mol. The first-order chi connectivity index (χ1) is 10.2. The third-order valence-corrected chi connectivity index (χ3v) is 4.78. The van der Waals surface area contributed by atoms with Crippen molar-refractivity contribution >= 4 is 11.8 Å². The van der Waals surface area contributed by atoms with Gasteiger partial charge in [0.2, 0.25) is 5.91 Å². The van der Waals surface area contributed by atoms with E-state index in [1.165, 1.54) is 6.26 Å². The molecule has 114 valence electrons. The highest BCUT2D eigenvalue weighted by Gasteiger charge is 2.50. The number of amides is 2. The highest BCUT2D eigenvalue weighted by Crippen LogP contribution is 2.42. The van der Waals surface area contributed by atoms with E-state index in [0.29, 0.717) is 32.0 Å². The summed E-state index contributed by atoms with van der Waals surface area (Å²) in [6, 6.07) is 3.40. The van der Waals surface area contributed by atoms with Gasteiger partial charge in [0, 0.05) is 32.2 Å². The number of piperidine rings is 1. The molecule has 2 aliphatic rings. The fourth-order valence-corrected chi connectivity index (χ4v) is 3.44. The molecule has 6 nitrogen and oxygen atoms in total. The summed E-state index contributed by atoms with van der Waals surface area (Å²) in [6.07, 6.45) is 3.13. The summed E-state index contributed by atoms with van der Waals surface area (Å²) < 4.78 is 10.4. The second-order valence-corrected chi connectivity index (χ2v) is 5.86. The number of furan rings is 1. The van der Waals surface area contributed by atoms with Crippen LogP contribution in [-0.4, -0.2) is 50.1 Å². The van der Waals surface area contributed by atoms with E-state index < -0.39 is 0 Å². The highest BCUT2D eigenvalue weighted by atomic mass is 16.5. The third kappa shape index (κ3) is 2.44. The quantitative estimate of drug-likeness (QED) is 0.898. The van der Waals surface area contributed by atoms with E-state index in [4.69, 9.17) is 9.15 Å². The number of carbonyl (C=O) groups excluding carboxylic acids is 2. The van der Waals surface area contributed by atoms with Gasteiger partial charge < -0.3 is 19.4 Å². The molecule has 0 aliphatic carbocycles. The van der Waals surface area contributed by atoms with Crippen LogP contribution in [0.4, 0.5) is 0 Å². The number of hydrogen-bond acceptors (Lipinski definition) is 4. The van der Waals surface area contributed by atoms with Gasteiger partial charge in [-0.1, -0.05) is 0 Å². The van der Waals surface area contributed by atoms with Gasteiger partial charge in [0.15, 0.2) is 5.76 Å². The molecule has 1 aromatic rings. The summed E-state index contributed by atoms with van der Waals surface area (Å²) >= 11 is 0. The van der Waals surface area contributed by atoms with E-state index in [1.54, 1.807) is 24.1 Å². The van der Waals surface area contributed by atoms with Crippen LogP contribution in [0.25, 0.3) is 0 Å².